The lowest BCUT2D eigenvalue weighted by Crippen LogP contribution is -2.44. The van der Waals surface area contributed by atoms with Crippen LogP contribution in [-0.4, -0.2) is 31.2 Å². The molecule has 2 rings (SSSR count). The highest BCUT2D eigenvalue weighted by atomic mass is 16.5. The van der Waals surface area contributed by atoms with Crippen LogP contribution in [0.1, 0.15) is 58.3 Å². The Hall–Kier alpha value is -0.410. The van der Waals surface area contributed by atoms with E-state index in [0.717, 1.165) is 45.1 Å². The highest BCUT2D eigenvalue weighted by Crippen LogP contribution is 2.36. The summed E-state index contributed by atoms with van der Waals surface area (Å²) >= 11 is 0. The molecule has 0 aromatic heterocycles. The minimum absolute atomic E-state index is 0.298. The molecule has 0 aromatic rings. The van der Waals surface area contributed by atoms with Gasteiger partial charge in [0.2, 0.25) is 0 Å². The van der Waals surface area contributed by atoms with Crippen LogP contribution in [-0.2, 0) is 14.3 Å². The van der Waals surface area contributed by atoms with Crippen LogP contribution in [0.2, 0.25) is 0 Å². The Morgan fingerprint density at radius 1 is 1.39 bits per heavy atom. The molecule has 1 saturated carbocycles. The van der Waals surface area contributed by atoms with Crippen LogP contribution in [0.25, 0.3) is 0 Å². The van der Waals surface area contributed by atoms with E-state index in [1.807, 2.05) is 0 Å². The lowest BCUT2D eigenvalue weighted by Gasteiger charge is -2.37. The summed E-state index contributed by atoms with van der Waals surface area (Å²) < 4.78 is 11.2. The van der Waals surface area contributed by atoms with Crippen LogP contribution in [0.3, 0.4) is 0 Å². The number of rotatable bonds is 5. The molecular weight excluding hydrogens is 228 g/mol. The van der Waals surface area contributed by atoms with Gasteiger partial charge in [-0.1, -0.05) is 13.3 Å². The molecular formula is C15H26O3. The van der Waals surface area contributed by atoms with Crippen molar-refractivity contribution in [3.63, 3.8) is 0 Å². The Balaban J connectivity index is 1.87. The summed E-state index contributed by atoms with van der Waals surface area (Å²) in [6.45, 7) is 3.09. The average Bonchev–Trinajstić information content (AvgIpc) is 2.88. The maximum atomic E-state index is 12.5. The third-order valence-corrected chi connectivity index (χ3v) is 4.57. The second-order valence-electron chi connectivity index (χ2n) is 6.00. The summed E-state index contributed by atoms with van der Waals surface area (Å²) in [7, 11) is 1.70. The smallest absolute Gasteiger partial charge is 0.164 e. The van der Waals surface area contributed by atoms with Gasteiger partial charge in [-0.15, -0.1) is 0 Å². The predicted molar refractivity (Wildman–Crippen MR) is 70.6 cm³/mol. The van der Waals surface area contributed by atoms with Crippen LogP contribution in [0.15, 0.2) is 0 Å². The van der Waals surface area contributed by atoms with Crippen LogP contribution in [0.5, 0.6) is 0 Å². The van der Waals surface area contributed by atoms with Gasteiger partial charge < -0.3 is 9.47 Å². The molecule has 1 aliphatic carbocycles. The van der Waals surface area contributed by atoms with E-state index in [1.165, 1.54) is 6.42 Å². The van der Waals surface area contributed by atoms with Crippen molar-refractivity contribution in [1.82, 2.24) is 0 Å². The molecule has 2 aliphatic rings. The third kappa shape index (κ3) is 3.12. The fraction of sp³-hybridized carbons (Fsp3) is 0.933. The third-order valence-electron chi connectivity index (χ3n) is 4.57. The molecule has 0 radical (unpaired) electrons. The van der Waals surface area contributed by atoms with Gasteiger partial charge in [-0.2, -0.15) is 0 Å². The standard InChI is InChI=1S/C15H26O3/c1-12-5-3-9-15(11-12,17-2)14(16)8-7-13-6-4-10-18-13/h12-13H,3-11H2,1-2H3. The molecule has 0 bridgehead atoms. The van der Waals surface area contributed by atoms with E-state index < -0.39 is 5.60 Å². The predicted octanol–water partition coefficient (Wildman–Crippen LogP) is 3.11. The molecule has 0 spiro atoms. The molecule has 18 heavy (non-hydrogen) atoms. The van der Waals surface area contributed by atoms with Crippen molar-refractivity contribution in [3.8, 4) is 0 Å². The van der Waals surface area contributed by atoms with E-state index >= 15 is 0 Å². The summed E-state index contributed by atoms with van der Waals surface area (Å²) in [5.41, 5.74) is -0.490. The summed E-state index contributed by atoms with van der Waals surface area (Å²) in [5, 5.41) is 0. The highest BCUT2D eigenvalue weighted by molar-refractivity contribution is 5.87. The fourth-order valence-electron chi connectivity index (χ4n) is 3.45. The maximum absolute atomic E-state index is 12.5. The fourth-order valence-corrected chi connectivity index (χ4v) is 3.45. The summed E-state index contributed by atoms with van der Waals surface area (Å²) in [6.07, 6.45) is 8.19. The van der Waals surface area contributed by atoms with Gasteiger partial charge >= 0.3 is 0 Å². The van der Waals surface area contributed by atoms with Crippen molar-refractivity contribution < 1.29 is 14.3 Å². The quantitative estimate of drug-likeness (QED) is 0.756. The zero-order valence-corrected chi connectivity index (χ0v) is 11.7. The van der Waals surface area contributed by atoms with Gasteiger partial charge in [0, 0.05) is 20.1 Å². The number of hydrogen-bond acceptors (Lipinski definition) is 3. The van der Waals surface area contributed by atoms with Crippen molar-refractivity contribution in [2.24, 2.45) is 5.92 Å². The number of hydrogen-bond donors (Lipinski definition) is 0. The van der Waals surface area contributed by atoms with E-state index in [1.54, 1.807) is 7.11 Å². The van der Waals surface area contributed by atoms with Crippen LogP contribution in [0, 0.1) is 5.92 Å². The van der Waals surface area contributed by atoms with Crippen molar-refractivity contribution in [1.29, 1.82) is 0 Å². The molecule has 1 saturated heterocycles. The zero-order chi connectivity index (χ0) is 13.0. The molecule has 3 unspecified atom stereocenters. The van der Waals surface area contributed by atoms with Crippen LogP contribution < -0.4 is 0 Å². The van der Waals surface area contributed by atoms with Crippen molar-refractivity contribution >= 4 is 5.78 Å². The van der Waals surface area contributed by atoms with Crippen molar-refractivity contribution in [2.45, 2.75) is 70.0 Å². The Kier molecular flexibility index (Phi) is 4.79. The van der Waals surface area contributed by atoms with Crippen LogP contribution >= 0.6 is 0 Å². The molecule has 0 N–H and O–H groups in total. The van der Waals surface area contributed by atoms with Gasteiger partial charge in [-0.05, 0) is 44.4 Å². The first kappa shape index (κ1) is 14.0. The number of methoxy groups -OCH3 is 1. The molecule has 3 nitrogen and oxygen atoms in total. The Bertz CT molecular complexity index is 283. The summed E-state index contributed by atoms with van der Waals surface area (Å²) in [4.78, 5) is 12.5. The molecule has 0 aromatic carbocycles. The molecule has 3 atom stereocenters. The van der Waals surface area contributed by atoms with E-state index in [4.69, 9.17) is 9.47 Å². The molecule has 2 fully saturated rings. The van der Waals surface area contributed by atoms with E-state index in [-0.39, 0.29) is 0 Å². The topological polar surface area (TPSA) is 35.5 Å². The number of ketones is 1. The van der Waals surface area contributed by atoms with Crippen LogP contribution in [0.4, 0.5) is 0 Å². The number of ether oxygens (including phenoxy) is 2. The monoisotopic (exact) mass is 254 g/mol. The minimum atomic E-state index is -0.490. The molecule has 0 amide bonds. The van der Waals surface area contributed by atoms with Gasteiger partial charge in [-0.25, -0.2) is 0 Å². The Morgan fingerprint density at radius 2 is 2.22 bits per heavy atom. The molecule has 104 valence electrons. The first-order valence-electron chi connectivity index (χ1n) is 7.36. The number of carbonyl (C=O) groups is 1. The second-order valence-corrected chi connectivity index (χ2v) is 6.00. The van der Waals surface area contributed by atoms with Crippen molar-refractivity contribution in [3.05, 3.63) is 0 Å². The normalized spacial score (nSPS) is 36.8. The lowest BCUT2D eigenvalue weighted by molar-refractivity contribution is -0.147. The Morgan fingerprint density at radius 3 is 2.83 bits per heavy atom. The number of carbonyl (C=O) groups excluding carboxylic acids is 1. The van der Waals surface area contributed by atoms with E-state index in [0.29, 0.717) is 24.2 Å². The van der Waals surface area contributed by atoms with Gasteiger partial charge in [-0.3, -0.25) is 4.79 Å². The SMILES string of the molecule is COC1(C(=O)CCC2CCCO2)CCCC(C)C1. The first-order chi connectivity index (χ1) is 8.66. The van der Waals surface area contributed by atoms with E-state index in [2.05, 4.69) is 6.92 Å². The first-order valence-corrected chi connectivity index (χ1v) is 7.36. The highest BCUT2D eigenvalue weighted by Gasteiger charge is 2.41. The van der Waals surface area contributed by atoms with Gasteiger partial charge in [0.15, 0.2) is 5.78 Å². The summed E-state index contributed by atoms with van der Waals surface area (Å²) in [5.74, 6) is 0.900. The molecule has 1 heterocycles. The summed E-state index contributed by atoms with van der Waals surface area (Å²) in [6, 6.07) is 0. The van der Waals surface area contributed by atoms with Gasteiger partial charge in [0.05, 0.1) is 6.10 Å². The lowest BCUT2D eigenvalue weighted by atomic mass is 9.75. The zero-order valence-electron chi connectivity index (χ0n) is 11.7. The van der Waals surface area contributed by atoms with E-state index in [9.17, 15) is 4.79 Å². The maximum Gasteiger partial charge on any atom is 0.164 e. The van der Waals surface area contributed by atoms with Crippen molar-refractivity contribution in [2.75, 3.05) is 13.7 Å². The Labute approximate surface area is 110 Å². The average molecular weight is 254 g/mol. The number of Topliss-reactive ketones (excluding diaryl/α,β-unsaturated/α-hetero) is 1. The van der Waals surface area contributed by atoms with Gasteiger partial charge in [0.25, 0.3) is 0 Å². The minimum Gasteiger partial charge on any atom is -0.378 e. The van der Waals surface area contributed by atoms with Gasteiger partial charge in [0.1, 0.15) is 5.60 Å². The largest absolute Gasteiger partial charge is 0.378 e. The molecule has 3 heteroatoms. The second kappa shape index (κ2) is 6.16. The molecule has 1 aliphatic heterocycles.